The fourth-order valence-corrected chi connectivity index (χ4v) is 7.82. The minimum Gasteiger partial charge on any atom is -0.438 e. The van der Waals surface area contributed by atoms with Crippen LogP contribution >= 0.6 is 0 Å². The Bertz CT molecular complexity index is 1840. The first kappa shape index (κ1) is 45.3. The summed E-state index contributed by atoms with van der Waals surface area (Å²) >= 11 is 0. The average molecular weight is 779 g/mol. The molecule has 0 aromatic carbocycles. The quantitative estimate of drug-likeness (QED) is 0.183. The van der Waals surface area contributed by atoms with Crippen molar-refractivity contribution < 1.29 is 28.6 Å². The summed E-state index contributed by atoms with van der Waals surface area (Å²) in [6, 6.07) is -0.0584. The molecule has 0 saturated carbocycles. The molecule has 8 heteroatoms. The SMILES string of the molecule is CC1=C(/C=C/C(C)=C/C=C/C(C)=C/C=C/C=C(C)/C=C/C=C(C)/C=C/C2=C(C)C(=O)C(N3CCOCC3)CC2(C)C)C(C)(C)CC(OC(=O)N2CCOCC2)C1=O. The number of ether oxygens (including phenoxy) is 3. The number of Topliss-reactive ketones (excluding diaryl/α,β-unsaturated/α-hetero) is 2. The van der Waals surface area contributed by atoms with Gasteiger partial charge in [0.2, 0.25) is 0 Å². The molecule has 2 unspecified atom stereocenters. The zero-order chi connectivity index (χ0) is 41.8. The molecule has 2 fully saturated rings. The molecule has 0 radical (unpaired) electrons. The lowest BCUT2D eigenvalue weighted by molar-refractivity contribution is -0.127. The maximum Gasteiger partial charge on any atom is 0.410 e. The minimum absolute atomic E-state index is 0.0584. The smallest absolute Gasteiger partial charge is 0.410 e. The molecule has 308 valence electrons. The molecular formula is C49H66N2O6. The molecule has 8 nitrogen and oxygen atoms in total. The van der Waals surface area contributed by atoms with E-state index in [1.54, 1.807) is 4.90 Å². The van der Waals surface area contributed by atoms with Crippen molar-refractivity contribution in [2.45, 2.75) is 94.2 Å². The molecule has 0 bridgehead atoms. The number of rotatable bonds is 12. The van der Waals surface area contributed by atoms with E-state index < -0.39 is 12.2 Å². The van der Waals surface area contributed by atoms with Crippen LogP contribution in [-0.4, -0.2) is 92.2 Å². The number of allylic oxidation sites excluding steroid dienone is 20. The lowest BCUT2D eigenvalue weighted by atomic mass is 9.69. The van der Waals surface area contributed by atoms with Gasteiger partial charge < -0.3 is 19.1 Å². The second-order valence-corrected chi connectivity index (χ2v) is 17.0. The zero-order valence-corrected chi connectivity index (χ0v) is 36.2. The van der Waals surface area contributed by atoms with Gasteiger partial charge >= 0.3 is 6.09 Å². The van der Waals surface area contributed by atoms with Crippen LogP contribution in [0.5, 0.6) is 0 Å². The van der Waals surface area contributed by atoms with E-state index in [4.69, 9.17) is 14.2 Å². The number of amides is 1. The van der Waals surface area contributed by atoms with Crippen molar-refractivity contribution in [2.75, 3.05) is 52.6 Å². The Morgan fingerprint density at radius 2 is 1.04 bits per heavy atom. The largest absolute Gasteiger partial charge is 0.438 e. The van der Waals surface area contributed by atoms with Crippen LogP contribution in [0, 0.1) is 10.8 Å². The van der Waals surface area contributed by atoms with Crippen molar-refractivity contribution in [2.24, 2.45) is 10.8 Å². The number of carbonyl (C=O) groups is 3. The van der Waals surface area contributed by atoms with E-state index in [2.05, 4.69) is 102 Å². The van der Waals surface area contributed by atoms with Crippen LogP contribution in [0.15, 0.2) is 130 Å². The topological polar surface area (TPSA) is 85.4 Å². The Balaban J connectivity index is 1.27. The Morgan fingerprint density at radius 1 is 0.614 bits per heavy atom. The molecule has 57 heavy (non-hydrogen) atoms. The van der Waals surface area contributed by atoms with Crippen LogP contribution in [0.4, 0.5) is 4.79 Å². The van der Waals surface area contributed by atoms with Crippen molar-refractivity contribution in [3.8, 4) is 0 Å². The maximum absolute atomic E-state index is 13.3. The summed E-state index contributed by atoms with van der Waals surface area (Å²) in [4.78, 5) is 43.1. The van der Waals surface area contributed by atoms with Gasteiger partial charge in [-0.15, -0.1) is 0 Å². The summed E-state index contributed by atoms with van der Waals surface area (Å²) in [6.07, 6.45) is 29.0. The molecule has 0 aromatic heterocycles. The summed E-state index contributed by atoms with van der Waals surface area (Å²) in [6.45, 7) is 25.7. The van der Waals surface area contributed by atoms with E-state index in [9.17, 15) is 14.4 Å². The van der Waals surface area contributed by atoms with Crippen LogP contribution in [0.25, 0.3) is 0 Å². The predicted octanol–water partition coefficient (Wildman–Crippen LogP) is 9.72. The van der Waals surface area contributed by atoms with Gasteiger partial charge in [-0.2, -0.15) is 0 Å². The zero-order valence-electron chi connectivity index (χ0n) is 36.2. The fourth-order valence-electron chi connectivity index (χ4n) is 7.82. The fraction of sp³-hybridized carbons (Fsp3) is 0.490. The molecule has 0 spiro atoms. The number of ketones is 2. The predicted molar refractivity (Wildman–Crippen MR) is 232 cm³/mol. The summed E-state index contributed by atoms with van der Waals surface area (Å²) in [5, 5.41) is 0. The molecule has 2 saturated heterocycles. The van der Waals surface area contributed by atoms with Crippen LogP contribution in [0.1, 0.15) is 82.1 Å². The monoisotopic (exact) mass is 778 g/mol. The lowest BCUT2D eigenvalue weighted by Gasteiger charge is -2.42. The van der Waals surface area contributed by atoms with Crippen molar-refractivity contribution in [3.05, 3.63) is 130 Å². The van der Waals surface area contributed by atoms with E-state index >= 15 is 0 Å². The highest BCUT2D eigenvalue weighted by molar-refractivity contribution is 6.02. The third-order valence-electron chi connectivity index (χ3n) is 11.3. The van der Waals surface area contributed by atoms with Gasteiger partial charge in [-0.3, -0.25) is 14.5 Å². The highest BCUT2D eigenvalue weighted by Crippen LogP contribution is 2.42. The van der Waals surface area contributed by atoms with Crippen molar-refractivity contribution in [1.82, 2.24) is 9.80 Å². The van der Waals surface area contributed by atoms with E-state index in [0.717, 1.165) is 58.5 Å². The molecule has 4 rings (SSSR count). The van der Waals surface area contributed by atoms with Crippen LogP contribution < -0.4 is 0 Å². The molecule has 0 N–H and O–H groups in total. The Labute approximate surface area is 342 Å². The van der Waals surface area contributed by atoms with Gasteiger partial charge in [0.05, 0.1) is 32.5 Å². The number of hydrogen-bond donors (Lipinski definition) is 0. The molecular weight excluding hydrogens is 713 g/mol. The van der Waals surface area contributed by atoms with Crippen molar-refractivity contribution in [3.63, 3.8) is 0 Å². The second-order valence-electron chi connectivity index (χ2n) is 17.0. The highest BCUT2D eigenvalue weighted by atomic mass is 16.6. The summed E-state index contributed by atoms with van der Waals surface area (Å²) in [7, 11) is 0. The van der Waals surface area contributed by atoms with Gasteiger partial charge in [-0.05, 0) is 81.1 Å². The van der Waals surface area contributed by atoms with Gasteiger partial charge in [-0.1, -0.05) is 135 Å². The van der Waals surface area contributed by atoms with E-state index in [0.29, 0.717) is 51.5 Å². The van der Waals surface area contributed by atoms with Crippen LogP contribution in [0.2, 0.25) is 0 Å². The molecule has 0 aromatic rings. The first-order chi connectivity index (χ1) is 27.0. The lowest BCUT2D eigenvalue weighted by Crippen LogP contribution is -2.51. The summed E-state index contributed by atoms with van der Waals surface area (Å²) in [5.74, 6) is 0.117. The molecule has 2 heterocycles. The minimum atomic E-state index is -0.779. The number of carbonyl (C=O) groups excluding carboxylic acids is 3. The van der Waals surface area contributed by atoms with E-state index in [1.165, 1.54) is 0 Å². The summed E-state index contributed by atoms with van der Waals surface area (Å²) in [5.41, 5.74) is 7.63. The van der Waals surface area contributed by atoms with E-state index in [1.807, 2.05) is 57.2 Å². The van der Waals surface area contributed by atoms with Crippen molar-refractivity contribution >= 4 is 17.7 Å². The standard InChI is InChI=1S/C49H66N2O6/c1-35(17-13-19-37(3)21-23-41-39(5)45(52)43(33-48(41,7)8)50-25-29-55-30-26-50)15-11-12-16-36(2)18-14-20-38(4)22-24-42-40(6)46(53)44(34-49(42,9)10)57-47(54)51-27-31-56-32-28-51/h11-24,43-44H,25-34H2,1-10H3/b12-11+,17-13+,18-14+,23-21+,24-22+,35-15+,36-16+,37-19+,38-20+. The van der Waals surface area contributed by atoms with Gasteiger partial charge in [-0.25, -0.2) is 4.79 Å². The number of nitrogens with zero attached hydrogens (tertiary/aromatic N) is 2. The number of morpholine rings is 2. The Morgan fingerprint density at radius 3 is 1.54 bits per heavy atom. The molecule has 4 aliphatic rings. The Hall–Kier alpha value is -4.37. The maximum atomic E-state index is 13.3. The van der Waals surface area contributed by atoms with Gasteiger partial charge in [0, 0.05) is 32.6 Å². The molecule has 1 amide bonds. The van der Waals surface area contributed by atoms with Crippen molar-refractivity contribution in [1.29, 1.82) is 0 Å². The molecule has 2 atom stereocenters. The van der Waals surface area contributed by atoms with E-state index in [-0.39, 0.29) is 28.4 Å². The Kier molecular flexibility index (Phi) is 16.6. The average Bonchev–Trinajstić information content (AvgIpc) is 3.17. The van der Waals surface area contributed by atoms with Crippen LogP contribution in [0.3, 0.4) is 0 Å². The molecule has 2 aliphatic carbocycles. The summed E-state index contributed by atoms with van der Waals surface area (Å²) < 4.78 is 16.5. The second kappa shape index (κ2) is 20.9. The number of hydrogen-bond acceptors (Lipinski definition) is 7. The van der Waals surface area contributed by atoms with Gasteiger partial charge in [0.15, 0.2) is 17.7 Å². The normalized spacial score (nSPS) is 25.1. The van der Waals surface area contributed by atoms with Gasteiger partial charge in [0.25, 0.3) is 0 Å². The third-order valence-corrected chi connectivity index (χ3v) is 11.3. The van der Waals surface area contributed by atoms with Gasteiger partial charge in [0.1, 0.15) is 0 Å². The highest BCUT2D eigenvalue weighted by Gasteiger charge is 2.42. The third kappa shape index (κ3) is 13.1. The first-order valence-corrected chi connectivity index (χ1v) is 20.4. The molecule has 2 aliphatic heterocycles. The van der Waals surface area contributed by atoms with Crippen LogP contribution in [-0.2, 0) is 23.8 Å². The first-order valence-electron chi connectivity index (χ1n) is 20.4.